The minimum Gasteiger partial charge on any atom is -0.497 e. The van der Waals surface area contributed by atoms with E-state index in [1.165, 1.54) is 27.7 Å². The lowest BCUT2D eigenvalue weighted by molar-refractivity contribution is 0.127. The minimum absolute atomic E-state index is 0.148. The van der Waals surface area contributed by atoms with Crippen LogP contribution in [0.3, 0.4) is 0 Å². The van der Waals surface area contributed by atoms with Gasteiger partial charge >= 0.3 is 0 Å². The van der Waals surface area contributed by atoms with Crippen molar-refractivity contribution in [2.45, 2.75) is 32.2 Å². The zero-order valence-corrected chi connectivity index (χ0v) is 14.5. The number of methoxy groups -OCH3 is 1. The first-order valence-electron chi connectivity index (χ1n) is 8.97. The number of benzene rings is 1. The Kier molecular flexibility index (Phi) is 4.10. The molecule has 0 amide bonds. The molecule has 0 aliphatic carbocycles. The molecule has 24 heavy (non-hydrogen) atoms. The molecule has 4 rings (SSSR count). The summed E-state index contributed by atoms with van der Waals surface area (Å²) in [6.45, 7) is 4.62. The molecule has 2 unspecified atom stereocenters. The molecule has 2 atom stereocenters. The lowest BCUT2D eigenvalue weighted by Gasteiger charge is -2.43. The van der Waals surface area contributed by atoms with Gasteiger partial charge in [-0.3, -0.25) is 4.90 Å². The summed E-state index contributed by atoms with van der Waals surface area (Å²) in [5.41, 5.74) is 5.43. The van der Waals surface area contributed by atoms with E-state index in [2.05, 4.69) is 28.9 Å². The van der Waals surface area contributed by atoms with E-state index in [1.54, 1.807) is 7.11 Å². The van der Waals surface area contributed by atoms with Crippen molar-refractivity contribution in [2.24, 2.45) is 5.92 Å². The summed E-state index contributed by atoms with van der Waals surface area (Å²) in [6.07, 6.45) is 5.29. The third-order valence-electron chi connectivity index (χ3n) is 5.82. The molecule has 128 valence electrons. The van der Waals surface area contributed by atoms with Crippen molar-refractivity contribution in [1.82, 2.24) is 9.88 Å². The normalized spacial score (nSPS) is 25.7. The van der Waals surface area contributed by atoms with Crippen molar-refractivity contribution in [2.75, 3.05) is 26.8 Å². The molecule has 2 N–H and O–H groups in total. The second kappa shape index (κ2) is 6.26. The Bertz CT molecular complexity index is 777. The molecule has 1 aromatic carbocycles. The van der Waals surface area contributed by atoms with Crippen LogP contribution in [0.1, 0.15) is 37.1 Å². The summed E-state index contributed by atoms with van der Waals surface area (Å²) in [5, 5.41) is 10.7. The number of aromatic amines is 1. The predicted octanol–water partition coefficient (Wildman–Crippen LogP) is 3.42. The maximum atomic E-state index is 9.38. The first-order valence-corrected chi connectivity index (χ1v) is 8.97. The van der Waals surface area contributed by atoms with E-state index in [-0.39, 0.29) is 6.61 Å². The van der Waals surface area contributed by atoms with Gasteiger partial charge in [-0.15, -0.1) is 0 Å². The second-order valence-electron chi connectivity index (χ2n) is 6.96. The van der Waals surface area contributed by atoms with Gasteiger partial charge in [-0.2, -0.15) is 0 Å². The molecule has 4 heteroatoms. The summed E-state index contributed by atoms with van der Waals surface area (Å²) >= 11 is 0. The highest BCUT2D eigenvalue weighted by Gasteiger charge is 2.36. The number of fused-ring (bicyclic) bond motifs is 5. The fourth-order valence-corrected chi connectivity index (χ4v) is 4.52. The predicted molar refractivity (Wildman–Crippen MR) is 96.4 cm³/mol. The van der Waals surface area contributed by atoms with E-state index >= 15 is 0 Å². The van der Waals surface area contributed by atoms with Crippen molar-refractivity contribution in [1.29, 1.82) is 0 Å². The highest BCUT2D eigenvalue weighted by Crippen LogP contribution is 2.43. The molecular formula is C20H26N2O2. The van der Waals surface area contributed by atoms with Crippen LogP contribution >= 0.6 is 0 Å². The summed E-state index contributed by atoms with van der Waals surface area (Å²) < 4.78 is 5.41. The van der Waals surface area contributed by atoms with E-state index in [1.807, 2.05) is 12.1 Å². The van der Waals surface area contributed by atoms with Crippen LogP contribution in [-0.4, -0.2) is 41.8 Å². The molecule has 1 saturated heterocycles. The van der Waals surface area contributed by atoms with E-state index in [9.17, 15) is 5.11 Å². The smallest absolute Gasteiger partial charge is 0.119 e. The average Bonchev–Trinajstić information content (AvgIpc) is 2.99. The number of nitrogens with zero attached hydrogens (tertiary/aromatic N) is 1. The third kappa shape index (κ3) is 2.45. The van der Waals surface area contributed by atoms with E-state index in [4.69, 9.17) is 4.74 Å². The zero-order valence-electron chi connectivity index (χ0n) is 14.5. The Morgan fingerprint density at radius 2 is 2.29 bits per heavy atom. The Morgan fingerprint density at radius 3 is 3.04 bits per heavy atom. The van der Waals surface area contributed by atoms with Gasteiger partial charge in [-0.25, -0.2) is 0 Å². The van der Waals surface area contributed by atoms with Gasteiger partial charge in [0.05, 0.1) is 19.8 Å². The number of hydrogen-bond donors (Lipinski definition) is 2. The van der Waals surface area contributed by atoms with Gasteiger partial charge in [0.2, 0.25) is 0 Å². The molecule has 1 fully saturated rings. The van der Waals surface area contributed by atoms with Gasteiger partial charge in [0.15, 0.2) is 0 Å². The Balaban J connectivity index is 1.75. The quantitative estimate of drug-likeness (QED) is 0.850. The van der Waals surface area contributed by atoms with Crippen LogP contribution in [-0.2, 0) is 6.42 Å². The van der Waals surface area contributed by atoms with Gasteiger partial charge in [-0.05, 0) is 48.9 Å². The van der Waals surface area contributed by atoms with Crippen LogP contribution in [0.5, 0.6) is 5.75 Å². The molecule has 0 saturated carbocycles. The maximum Gasteiger partial charge on any atom is 0.119 e. The molecule has 2 aliphatic heterocycles. The molecule has 1 aromatic heterocycles. The third-order valence-corrected chi connectivity index (χ3v) is 5.82. The van der Waals surface area contributed by atoms with Gasteiger partial charge in [0.25, 0.3) is 0 Å². The fourth-order valence-electron chi connectivity index (χ4n) is 4.52. The number of piperidine rings is 1. The Morgan fingerprint density at radius 1 is 1.42 bits per heavy atom. The van der Waals surface area contributed by atoms with E-state index < -0.39 is 0 Å². The molecule has 2 aliphatic rings. The SMILES string of the molecule is CCC1CN2CCc3c([nH]c4ccc(OC)cc34)C2CC1=CCO. The summed E-state index contributed by atoms with van der Waals surface area (Å²) in [4.78, 5) is 6.30. The highest BCUT2D eigenvalue weighted by molar-refractivity contribution is 5.86. The standard InChI is InChI=1S/C20H26N2O2/c1-3-13-12-22-8-6-16-17-11-15(24-2)4-5-18(17)21-20(16)19(22)10-14(13)7-9-23/h4-5,7,11,13,19,21,23H,3,6,8-10,12H2,1-2H3. The molecule has 3 heterocycles. The highest BCUT2D eigenvalue weighted by atomic mass is 16.5. The summed E-state index contributed by atoms with van der Waals surface area (Å²) in [7, 11) is 1.72. The van der Waals surface area contributed by atoms with Gasteiger partial charge < -0.3 is 14.8 Å². The Hall–Kier alpha value is -1.78. The summed E-state index contributed by atoms with van der Waals surface area (Å²) in [5.74, 6) is 1.50. The lowest BCUT2D eigenvalue weighted by atomic mass is 9.81. The van der Waals surface area contributed by atoms with Crippen LogP contribution in [0, 0.1) is 5.92 Å². The molecule has 0 radical (unpaired) electrons. The van der Waals surface area contributed by atoms with Crippen molar-refractivity contribution in [3.63, 3.8) is 0 Å². The summed E-state index contributed by atoms with van der Waals surface area (Å²) in [6, 6.07) is 6.71. The van der Waals surface area contributed by atoms with Crippen molar-refractivity contribution >= 4 is 10.9 Å². The number of aromatic nitrogens is 1. The van der Waals surface area contributed by atoms with Crippen LogP contribution < -0.4 is 4.74 Å². The first kappa shape index (κ1) is 15.7. The van der Waals surface area contributed by atoms with Gasteiger partial charge in [0, 0.05) is 29.7 Å². The van der Waals surface area contributed by atoms with E-state index in [0.717, 1.165) is 38.1 Å². The molecule has 2 aromatic rings. The second-order valence-corrected chi connectivity index (χ2v) is 6.96. The average molecular weight is 326 g/mol. The number of H-pyrrole nitrogens is 1. The molecular weight excluding hydrogens is 300 g/mol. The first-order chi connectivity index (χ1) is 11.7. The van der Waals surface area contributed by atoms with Crippen molar-refractivity contribution < 1.29 is 9.84 Å². The molecule has 0 bridgehead atoms. The van der Waals surface area contributed by atoms with Crippen molar-refractivity contribution in [3.8, 4) is 5.75 Å². The molecule has 4 nitrogen and oxygen atoms in total. The number of nitrogens with one attached hydrogen (secondary N) is 1. The topological polar surface area (TPSA) is 48.5 Å². The fraction of sp³-hybridized carbons (Fsp3) is 0.500. The number of rotatable bonds is 3. The van der Waals surface area contributed by atoms with Gasteiger partial charge in [0.1, 0.15) is 5.75 Å². The van der Waals surface area contributed by atoms with Gasteiger partial charge in [-0.1, -0.05) is 18.6 Å². The largest absolute Gasteiger partial charge is 0.497 e. The van der Waals surface area contributed by atoms with Crippen LogP contribution in [0.15, 0.2) is 29.8 Å². The number of aliphatic hydroxyl groups is 1. The monoisotopic (exact) mass is 326 g/mol. The zero-order chi connectivity index (χ0) is 16.7. The number of aliphatic hydroxyl groups excluding tert-OH is 1. The van der Waals surface area contributed by atoms with Crippen LogP contribution in [0.25, 0.3) is 10.9 Å². The van der Waals surface area contributed by atoms with E-state index in [0.29, 0.717) is 12.0 Å². The minimum atomic E-state index is 0.148. The number of ether oxygens (including phenoxy) is 1. The van der Waals surface area contributed by atoms with Crippen LogP contribution in [0.2, 0.25) is 0 Å². The van der Waals surface area contributed by atoms with Crippen molar-refractivity contribution in [3.05, 3.63) is 41.1 Å². The number of hydrogen-bond acceptors (Lipinski definition) is 3. The van der Waals surface area contributed by atoms with Crippen LogP contribution in [0.4, 0.5) is 0 Å². The Labute approximate surface area is 143 Å². The lowest BCUT2D eigenvalue weighted by Crippen LogP contribution is -2.43. The maximum absolute atomic E-state index is 9.38. The molecule has 0 spiro atoms.